The molecule has 8 heteroatoms. The van der Waals surface area contributed by atoms with Crippen LogP contribution in [0.25, 0.3) is 0 Å². The van der Waals surface area contributed by atoms with Gasteiger partial charge in [0, 0.05) is 31.8 Å². The van der Waals surface area contributed by atoms with Gasteiger partial charge < -0.3 is 25.4 Å². The molecule has 120 valence electrons. The number of benzene rings is 1. The Labute approximate surface area is 128 Å². The minimum Gasteiger partial charge on any atom is -0.450 e. The van der Waals surface area contributed by atoms with Crippen LogP contribution in [0.1, 0.15) is 13.8 Å². The van der Waals surface area contributed by atoms with E-state index in [4.69, 9.17) is 4.74 Å². The molecular formula is C14H19N3O5. The summed E-state index contributed by atoms with van der Waals surface area (Å²) in [6, 6.07) is 6.00. The van der Waals surface area contributed by atoms with Gasteiger partial charge in [0.05, 0.1) is 6.61 Å². The van der Waals surface area contributed by atoms with Gasteiger partial charge in [-0.05, 0) is 19.1 Å². The lowest BCUT2D eigenvalue weighted by atomic mass is 10.3. The lowest BCUT2D eigenvalue weighted by Crippen LogP contribution is -2.37. The Morgan fingerprint density at radius 3 is 2.55 bits per heavy atom. The molecule has 0 unspecified atom stereocenters. The van der Waals surface area contributed by atoms with Crippen molar-refractivity contribution in [3.05, 3.63) is 24.3 Å². The predicted molar refractivity (Wildman–Crippen MR) is 79.8 cm³/mol. The van der Waals surface area contributed by atoms with Crippen LogP contribution in [-0.2, 0) is 9.53 Å². The number of hydrogen-bond donors (Lipinski definition) is 3. The van der Waals surface area contributed by atoms with Crippen LogP contribution in [0, 0.1) is 0 Å². The predicted octanol–water partition coefficient (Wildman–Crippen LogP) is 1.48. The van der Waals surface area contributed by atoms with Crippen molar-refractivity contribution in [2.45, 2.75) is 13.8 Å². The van der Waals surface area contributed by atoms with Crippen LogP contribution in [0.2, 0.25) is 0 Å². The van der Waals surface area contributed by atoms with Crippen molar-refractivity contribution in [2.24, 2.45) is 0 Å². The number of hydrogen-bond acceptors (Lipinski definition) is 5. The summed E-state index contributed by atoms with van der Waals surface area (Å²) in [7, 11) is 0. The molecule has 3 N–H and O–H groups in total. The number of anilines is 1. The highest BCUT2D eigenvalue weighted by molar-refractivity contribution is 5.89. The van der Waals surface area contributed by atoms with E-state index in [9.17, 15) is 14.4 Å². The first-order valence-electron chi connectivity index (χ1n) is 6.75. The fourth-order valence-corrected chi connectivity index (χ4v) is 1.50. The number of nitrogens with one attached hydrogen (secondary N) is 3. The molecule has 0 bridgehead atoms. The molecule has 8 nitrogen and oxygen atoms in total. The van der Waals surface area contributed by atoms with Gasteiger partial charge in [0.2, 0.25) is 0 Å². The van der Waals surface area contributed by atoms with Gasteiger partial charge in [0.1, 0.15) is 5.75 Å². The highest BCUT2D eigenvalue weighted by atomic mass is 16.5. The van der Waals surface area contributed by atoms with E-state index in [0.717, 1.165) is 0 Å². The summed E-state index contributed by atoms with van der Waals surface area (Å²) in [4.78, 5) is 33.5. The van der Waals surface area contributed by atoms with E-state index in [1.165, 1.54) is 13.0 Å². The maximum atomic E-state index is 11.6. The largest absolute Gasteiger partial charge is 0.450 e. The highest BCUT2D eigenvalue weighted by Crippen LogP contribution is 2.17. The molecule has 1 rings (SSSR count). The Morgan fingerprint density at radius 1 is 1.14 bits per heavy atom. The fraction of sp³-hybridized carbons (Fsp3) is 0.357. The standard InChI is InChI=1S/C14H19N3O5/c1-3-21-14(20)16-8-7-15-13(19)17-11-5-4-6-12(9-11)22-10(2)18/h4-6,9H,3,7-8H2,1-2H3,(H,16,20)(H2,15,17,19). The number of rotatable bonds is 6. The average molecular weight is 309 g/mol. The van der Waals surface area contributed by atoms with Gasteiger partial charge in [0.25, 0.3) is 0 Å². The van der Waals surface area contributed by atoms with Crippen molar-refractivity contribution < 1.29 is 23.9 Å². The molecule has 0 saturated heterocycles. The van der Waals surface area contributed by atoms with Gasteiger partial charge in [-0.15, -0.1) is 0 Å². The van der Waals surface area contributed by atoms with E-state index >= 15 is 0 Å². The third kappa shape index (κ3) is 7.13. The van der Waals surface area contributed by atoms with Crippen molar-refractivity contribution in [1.29, 1.82) is 0 Å². The lowest BCUT2D eigenvalue weighted by Gasteiger charge is -2.09. The molecule has 0 aromatic heterocycles. The Morgan fingerprint density at radius 2 is 1.86 bits per heavy atom. The molecule has 0 heterocycles. The van der Waals surface area contributed by atoms with E-state index in [1.54, 1.807) is 25.1 Å². The topological polar surface area (TPSA) is 106 Å². The summed E-state index contributed by atoms with van der Waals surface area (Å²) in [5.41, 5.74) is 0.481. The molecule has 1 aromatic rings. The first-order valence-corrected chi connectivity index (χ1v) is 6.75. The monoisotopic (exact) mass is 309 g/mol. The zero-order valence-corrected chi connectivity index (χ0v) is 12.5. The van der Waals surface area contributed by atoms with Crippen LogP contribution < -0.4 is 20.7 Å². The van der Waals surface area contributed by atoms with Crippen molar-refractivity contribution in [2.75, 3.05) is 25.0 Å². The molecule has 3 amide bonds. The molecule has 0 radical (unpaired) electrons. The molecule has 0 aliphatic carbocycles. The quantitative estimate of drug-likeness (QED) is 0.419. The number of urea groups is 1. The van der Waals surface area contributed by atoms with E-state index < -0.39 is 18.1 Å². The van der Waals surface area contributed by atoms with Crippen molar-refractivity contribution in [1.82, 2.24) is 10.6 Å². The maximum absolute atomic E-state index is 11.6. The maximum Gasteiger partial charge on any atom is 0.407 e. The minimum atomic E-state index is -0.529. The molecule has 0 aliphatic heterocycles. The first-order chi connectivity index (χ1) is 10.5. The highest BCUT2D eigenvalue weighted by Gasteiger charge is 2.04. The van der Waals surface area contributed by atoms with Crippen LogP contribution in [0.3, 0.4) is 0 Å². The SMILES string of the molecule is CCOC(=O)NCCNC(=O)Nc1cccc(OC(C)=O)c1. The normalized spacial score (nSPS) is 9.55. The van der Waals surface area contributed by atoms with Gasteiger partial charge in [-0.3, -0.25) is 4.79 Å². The summed E-state index contributed by atoms with van der Waals surface area (Å²) in [5, 5.41) is 7.62. The van der Waals surface area contributed by atoms with E-state index in [-0.39, 0.29) is 13.1 Å². The van der Waals surface area contributed by atoms with Crippen LogP contribution in [0.15, 0.2) is 24.3 Å². The van der Waals surface area contributed by atoms with Crippen LogP contribution >= 0.6 is 0 Å². The number of carbonyl (C=O) groups is 3. The number of ether oxygens (including phenoxy) is 2. The number of alkyl carbamates (subject to hydrolysis) is 1. The molecule has 0 fully saturated rings. The molecule has 1 aromatic carbocycles. The number of amides is 3. The van der Waals surface area contributed by atoms with Gasteiger partial charge in [-0.2, -0.15) is 0 Å². The van der Waals surface area contributed by atoms with Crippen molar-refractivity contribution in [3.8, 4) is 5.75 Å². The fourth-order valence-electron chi connectivity index (χ4n) is 1.50. The second-order valence-electron chi connectivity index (χ2n) is 4.15. The number of carbonyl (C=O) groups excluding carboxylic acids is 3. The molecule has 0 atom stereocenters. The van der Waals surface area contributed by atoms with Gasteiger partial charge in [0.15, 0.2) is 0 Å². The summed E-state index contributed by atoms with van der Waals surface area (Å²) in [6.07, 6.45) is -0.529. The average Bonchev–Trinajstić information content (AvgIpc) is 2.43. The van der Waals surface area contributed by atoms with Gasteiger partial charge >= 0.3 is 18.1 Å². The van der Waals surface area contributed by atoms with Gasteiger partial charge in [-0.1, -0.05) is 6.07 Å². The zero-order chi connectivity index (χ0) is 16.4. The Hall–Kier alpha value is -2.77. The first kappa shape index (κ1) is 17.3. The van der Waals surface area contributed by atoms with Gasteiger partial charge in [-0.25, -0.2) is 9.59 Å². The number of esters is 1. The third-order valence-corrected chi connectivity index (χ3v) is 2.31. The summed E-state index contributed by atoms with van der Waals surface area (Å²) in [5.74, 6) is -0.0964. The summed E-state index contributed by atoms with van der Waals surface area (Å²) in [6.45, 7) is 3.78. The summed E-state index contributed by atoms with van der Waals surface area (Å²) < 4.78 is 9.58. The van der Waals surface area contributed by atoms with Crippen molar-refractivity contribution >= 4 is 23.8 Å². The Kier molecular flexibility index (Phi) is 7.24. The molecule has 0 aliphatic rings. The molecule has 22 heavy (non-hydrogen) atoms. The second kappa shape index (κ2) is 9.22. The van der Waals surface area contributed by atoms with Crippen LogP contribution in [0.5, 0.6) is 5.75 Å². The third-order valence-electron chi connectivity index (χ3n) is 2.31. The lowest BCUT2D eigenvalue weighted by molar-refractivity contribution is -0.131. The Balaban J connectivity index is 2.33. The van der Waals surface area contributed by atoms with Crippen LogP contribution in [-0.4, -0.2) is 37.8 Å². The molecular weight excluding hydrogens is 290 g/mol. The minimum absolute atomic E-state index is 0.244. The van der Waals surface area contributed by atoms with E-state index in [0.29, 0.717) is 18.0 Å². The van der Waals surface area contributed by atoms with E-state index in [2.05, 4.69) is 20.7 Å². The molecule has 0 saturated carbocycles. The molecule has 0 spiro atoms. The van der Waals surface area contributed by atoms with Crippen LogP contribution in [0.4, 0.5) is 15.3 Å². The zero-order valence-electron chi connectivity index (χ0n) is 12.5. The van der Waals surface area contributed by atoms with E-state index in [1.807, 2.05) is 0 Å². The van der Waals surface area contributed by atoms with Crippen molar-refractivity contribution in [3.63, 3.8) is 0 Å². The Bertz CT molecular complexity index is 533. The summed E-state index contributed by atoms with van der Waals surface area (Å²) >= 11 is 0. The second-order valence-corrected chi connectivity index (χ2v) is 4.15. The smallest absolute Gasteiger partial charge is 0.407 e.